The fourth-order valence-corrected chi connectivity index (χ4v) is 3.21. The summed E-state index contributed by atoms with van der Waals surface area (Å²) in [6, 6.07) is 8.18. The van der Waals surface area contributed by atoms with E-state index in [0.717, 1.165) is 24.1 Å². The lowest BCUT2D eigenvalue weighted by Gasteiger charge is -2.16. The average Bonchev–Trinajstić information content (AvgIpc) is 2.36. The van der Waals surface area contributed by atoms with Gasteiger partial charge < -0.3 is 5.32 Å². The highest BCUT2D eigenvalue weighted by Gasteiger charge is 2.17. The molecule has 0 saturated heterocycles. The number of hydrogen-bond acceptors (Lipinski definition) is 3. The van der Waals surface area contributed by atoms with Crippen LogP contribution in [0.15, 0.2) is 24.3 Å². The number of benzene rings is 1. The van der Waals surface area contributed by atoms with E-state index >= 15 is 0 Å². The zero-order chi connectivity index (χ0) is 15.2. The van der Waals surface area contributed by atoms with Gasteiger partial charge in [0.05, 0.1) is 5.75 Å². The van der Waals surface area contributed by atoms with Gasteiger partial charge in [0.25, 0.3) is 0 Å². The molecule has 0 bridgehead atoms. The quantitative estimate of drug-likeness (QED) is 0.801. The van der Waals surface area contributed by atoms with Crippen molar-refractivity contribution in [2.24, 2.45) is 0 Å². The Kier molecular flexibility index (Phi) is 6.65. The topological polar surface area (TPSA) is 49.4 Å². The first-order chi connectivity index (χ1) is 9.35. The summed E-state index contributed by atoms with van der Waals surface area (Å²) < 4.78 is 25.8. The van der Waals surface area contributed by atoms with Gasteiger partial charge in [-0.3, -0.25) is 0 Å². The van der Waals surface area contributed by atoms with Crippen molar-refractivity contribution < 1.29 is 8.42 Å². The first kappa shape index (κ1) is 17.1. The second-order valence-corrected chi connectivity index (χ2v) is 7.51. The van der Waals surface area contributed by atoms with Gasteiger partial charge in [0.2, 0.25) is 10.0 Å². The molecule has 0 saturated carbocycles. The van der Waals surface area contributed by atoms with Crippen LogP contribution in [0.25, 0.3) is 0 Å². The van der Waals surface area contributed by atoms with Gasteiger partial charge in [0.1, 0.15) is 0 Å². The Balaban J connectivity index is 2.75. The Bertz CT molecular complexity index is 512. The molecule has 5 heteroatoms. The van der Waals surface area contributed by atoms with Crippen LogP contribution in [0.2, 0.25) is 0 Å². The second-order valence-electron chi connectivity index (χ2n) is 5.43. The molecule has 0 aromatic heterocycles. The van der Waals surface area contributed by atoms with Crippen LogP contribution in [0.4, 0.5) is 0 Å². The molecule has 20 heavy (non-hydrogen) atoms. The van der Waals surface area contributed by atoms with Gasteiger partial charge in [-0.25, -0.2) is 12.7 Å². The lowest BCUT2D eigenvalue weighted by Crippen LogP contribution is -2.29. The fraction of sp³-hybridized carbons (Fsp3) is 0.600. The Morgan fingerprint density at radius 1 is 1.25 bits per heavy atom. The van der Waals surface area contributed by atoms with Gasteiger partial charge in [0.15, 0.2) is 0 Å². The molecule has 0 radical (unpaired) electrons. The van der Waals surface area contributed by atoms with Crippen LogP contribution in [0.5, 0.6) is 0 Å². The van der Waals surface area contributed by atoms with Crippen molar-refractivity contribution in [3.8, 4) is 0 Å². The van der Waals surface area contributed by atoms with E-state index in [-0.39, 0.29) is 5.75 Å². The van der Waals surface area contributed by atoms with E-state index in [4.69, 9.17) is 0 Å². The van der Waals surface area contributed by atoms with E-state index in [2.05, 4.69) is 19.2 Å². The summed E-state index contributed by atoms with van der Waals surface area (Å²) in [4.78, 5) is 0. The molecule has 0 aliphatic carbocycles. The van der Waals surface area contributed by atoms with Crippen molar-refractivity contribution in [2.75, 3.05) is 13.6 Å². The summed E-state index contributed by atoms with van der Waals surface area (Å²) in [6.07, 6.45) is 0.827. The molecule has 0 aliphatic heterocycles. The molecule has 0 heterocycles. The van der Waals surface area contributed by atoms with Gasteiger partial charge in [-0.05, 0) is 17.5 Å². The Hall–Kier alpha value is -0.910. The molecular weight excluding hydrogens is 272 g/mol. The minimum Gasteiger partial charge on any atom is -0.310 e. The smallest absolute Gasteiger partial charge is 0.218 e. The molecule has 1 aromatic rings. The van der Waals surface area contributed by atoms with Gasteiger partial charge in [0, 0.05) is 26.2 Å². The molecule has 1 N–H and O–H groups in total. The molecule has 0 aliphatic rings. The number of rotatable bonds is 8. The maximum atomic E-state index is 12.2. The van der Waals surface area contributed by atoms with Crippen LogP contribution < -0.4 is 5.32 Å². The highest BCUT2D eigenvalue weighted by atomic mass is 32.2. The Morgan fingerprint density at radius 2 is 1.90 bits per heavy atom. The Morgan fingerprint density at radius 3 is 2.50 bits per heavy atom. The number of nitrogens with zero attached hydrogens (tertiary/aromatic N) is 1. The molecule has 0 atom stereocenters. The van der Waals surface area contributed by atoms with E-state index in [0.29, 0.717) is 12.6 Å². The van der Waals surface area contributed by atoms with Crippen molar-refractivity contribution >= 4 is 10.0 Å². The molecule has 114 valence electrons. The summed E-state index contributed by atoms with van der Waals surface area (Å²) in [5.74, 6) is 0.0685. The molecule has 0 fully saturated rings. The third-order valence-electron chi connectivity index (χ3n) is 3.07. The van der Waals surface area contributed by atoms with Crippen LogP contribution in [0, 0.1) is 0 Å². The number of sulfonamides is 1. The second kappa shape index (κ2) is 7.76. The summed E-state index contributed by atoms with van der Waals surface area (Å²) >= 11 is 0. The van der Waals surface area contributed by atoms with Crippen LogP contribution in [-0.4, -0.2) is 32.4 Å². The van der Waals surface area contributed by atoms with Gasteiger partial charge in [-0.2, -0.15) is 0 Å². The van der Waals surface area contributed by atoms with E-state index in [1.54, 1.807) is 7.05 Å². The SMILES string of the molecule is CCCN(C)S(=O)(=O)Cc1cccc(CNC(C)C)c1. The summed E-state index contributed by atoms with van der Waals surface area (Å²) in [7, 11) is -1.57. The van der Waals surface area contributed by atoms with Crippen LogP contribution >= 0.6 is 0 Å². The van der Waals surface area contributed by atoms with Gasteiger partial charge >= 0.3 is 0 Å². The predicted octanol–water partition coefficient (Wildman–Crippen LogP) is 2.36. The maximum absolute atomic E-state index is 12.2. The van der Waals surface area contributed by atoms with E-state index in [1.165, 1.54) is 4.31 Å². The monoisotopic (exact) mass is 298 g/mol. The standard InChI is InChI=1S/C15H26N2O2S/c1-5-9-17(4)20(18,19)12-15-8-6-7-14(10-15)11-16-13(2)3/h6-8,10,13,16H,5,9,11-12H2,1-4H3. The lowest BCUT2D eigenvalue weighted by atomic mass is 10.1. The van der Waals surface area contributed by atoms with E-state index in [9.17, 15) is 8.42 Å². The highest BCUT2D eigenvalue weighted by Crippen LogP contribution is 2.12. The minimum absolute atomic E-state index is 0.0685. The van der Waals surface area contributed by atoms with E-state index in [1.807, 2.05) is 31.2 Å². The van der Waals surface area contributed by atoms with E-state index < -0.39 is 10.0 Å². The van der Waals surface area contributed by atoms with Crippen molar-refractivity contribution in [1.29, 1.82) is 0 Å². The molecule has 0 unspecified atom stereocenters. The molecule has 4 nitrogen and oxygen atoms in total. The molecule has 0 spiro atoms. The third kappa shape index (κ3) is 5.61. The maximum Gasteiger partial charge on any atom is 0.218 e. The zero-order valence-electron chi connectivity index (χ0n) is 12.9. The minimum atomic E-state index is -3.21. The summed E-state index contributed by atoms with van der Waals surface area (Å²) in [5, 5.41) is 3.34. The summed E-state index contributed by atoms with van der Waals surface area (Å²) in [6.45, 7) is 7.49. The first-order valence-electron chi connectivity index (χ1n) is 7.10. The number of hydrogen-bond donors (Lipinski definition) is 1. The first-order valence-corrected chi connectivity index (χ1v) is 8.71. The fourth-order valence-electron chi connectivity index (χ4n) is 1.93. The largest absolute Gasteiger partial charge is 0.310 e. The number of nitrogens with one attached hydrogen (secondary N) is 1. The molecule has 1 aromatic carbocycles. The molecular formula is C15H26N2O2S. The predicted molar refractivity (Wildman–Crippen MR) is 84.0 cm³/mol. The van der Waals surface area contributed by atoms with Crippen molar-refractivity contribution in [3.05, 3.63) is 35.4 Å². The van der Waals surface area contributed by atoms with Crippen molar-refractivity contribution in [1.82, 2.24) is 9.62 Å². The zero-order valence-corrected chi connectivity index (χ0v) is 13.7. The van der Waals surface area contributed by atoms with Crippen molar-refractivity contribution in [2.45, 2.75) is 45.5 Å². The normalized spacial score (nSPS) is 12.3. The lowest BCUT2D eigenvalue weighted by molar-refractivity contribution is 0.467. The van der Waals surface area contributed by atoms with Gasteiger partial charge in [-0.1, -0.05) is 45.0 Å². The average molecular weight is 298 g/mol. The van der Waals surface area contributed by atoms with Crippen LogP contribution in [0.1, 0.15) is 38.3 Å². The molecule has 0 amide bonds. The van der Waals surface area contributed by atoms with Crippen LogP contribution in [-0.2, 0) is 22.3 Å². The third-order valence-corrected chi connectivity index (χ3v) is 4.90. The molecule has 1 rings (SSSR count). The van der Waals surface area contributed by atoms with Crippen LogP contribution in [0.3, 0.4) is 0 Å². The Labute approximate surface area is 123 Å². The summed E-state index contributed by atoms with van der Waals surface area (Å²) in [5.41, 5.74) is 1.96. The van der Waals surface area contributed by atoms with Crippen molar-refractivity contribution in [3.63, 3.8) is 0 Å². The highest BCUT2D eigenvalue weighted by molar-refractivity contribution is 7.88. The van der Waals surface area contributed by atoms with Gasteiger partial charge in [-0.15, -0.1) is 0 Å².